The summed E-state index contributed by atoms with van der Waals surface area (Å²) in [6, 6.07) is 4.48. The molecule has 2 aliphatic heterocycles. The van der Waals surface area contributed by atoms with Crippen molar-refractivity contribution in [3.63, 3.8) is 0 Å². The standard InChI is InChI=1S/C32H45ClN8O3S/c1-19-29(41-21-9-10-22(41)16-20(15-21)35-31(42)44-32(2,3)4)36-30-28(34-19)27(38-40(30)18-43-13-14-45(6,7)8)23-11-12-25-24(26(23)33)17-39(5)37-25/h11-12,17,20-22H,9-10,13-16,18H2,1-8H3,(H,35,42)/t20?,21-,22+. The number of aryl methyl sites for hydroxylation is 2. The highest BCUT2D eigenvalue weighted by Gasteiger charge is 2.43. The molecular formula is C32H45ClN8O3S. The number of rotatable bonds is 8. The third kappa shape index (κ3) is 6.73. The molecule has 6 rings (SSSR count). The minimum absolute atomic E-state index is 0.0607. The lowest BCUT2D eigenvalue weighted by Gasteiger charge is -2.40. The van der Waals surface area contributed by atoms with E-state index in [4.69, 9.17) is 36.1 Å². The van der Waals surface area contributed by atoms with Gasteiger partial charge in [-0.05, 0) is 84.3 Å². The zero-order valence-corrected chi connectivity index (χ0v) is 29.1. The largest absolute Gasteiger partial charge is 0.444 e. The lowest BCUT2D eigenvalue weighted by molar-refractivity contribution is 0.0492. The zero-order valence-electron chi connectivity index (χ0n) is 27.6. The summed E-state index contributed by atoms with van der Waals surface area (Å²) in [5, 5.41) is 14.1. The molecule has 1 aromatic carbocycles. The average molecular weight is 657 g/mol. The molecule has 4 aromatic rings. The summed E-state index contributed by atoms with van der Waals surface area (Å²) < 4.78 is 15.3. The summed E-state index contributed by atoms with van der Waals surface area (Å²) in [7, 11) is 1.20. The highest BCUT2D eigenvalue weighted by molar-refractivity contribution is 8.32. The quantitative estimate of drug-likeness (QED) is 0.229. The molecule has 2 saturated heterocycles. The average Bonchev–Trinajstić information content (AvgIpc) is 3.55. The Labute approximate surface area is 271 Å². The van der Waals surface area contributed by atoms with Crippen molar-refractivity contribution < 1.29 is 14.3 Å². The number of ether oxygens (including phenoxy) is 2. The number of nitrogens with one attached hydrogen (secondary N) is 1. The molecule has 0 aliphatic carbocycles. The predicted molar refractivity (Wildman–Crippen MR) is 183 cm³/mol. The van der Waals surface area contributed by atoms with E-state index < -0.39 is 15.6 Å². The molecule has 45 heavy (non-hydrogen) atoms. The third-order valence-electron chi connectivity index (χ3n) is 8.46. The van der Waals surface area contributed by atoms with Crippen LogP contribution in [-0.4, -0.2) is 90.5 Å². The fourth-order valence-corrected chi connectivity index (χ4v) is 7.42. The normalized spacial score (nSPS) is 20.7. The van der Waals surface area contributed by atoms with Crippen molar-refractivity contribution in [3.8, 4) is 11.3 Å². The number of anilines is 1. The van der Waals surface area contributed by atoms with Crippen LogP contribution in [0.25, 0.3) is 33.3 Å². The van der Waals surface area contributed by atoms with Crippen molar-refractivity contribution in [1.82, 2.24) is 34.8 Å². The molecule has 244 valence electrons. The van der Waals surface area contributed by atoms with E-state index in [1.54, 1.807) is 4.68 Å². The number of nitrogens with zero attached hydrogens (tertiary/aromatic N) is 7. The number of benzene rings is 1. The molecule has 1 amide bonds. The Morgan fingerprint density at radius 2 is 1.82 bits per heavy atom. The van der Waals surface area contributed by atoms with Gasteiger partial charge in [-0.25, -0.2) is 29.5 Å². The van der Waals surface area contributed by atoms with Crippen molar-refractivity contribution in [3.05, 3.63) is 29.0 Å². The lowest BCUT2D eigenvalue weighted by atomic mass is 9.97. The second-order valence-corrected chi connectivity index (χ2v) is 19.2. The highest BCUT2D eigenvalue weighted by Crippen LogP contribution is 2.42. The fraction of sp³-hybridized carbons (Fsp3) is 0.594. The molecule has 5 heterocycles. The van der Waals surface area contributed by atoms with E-state index in [2.05, 4.69) is 34.1 Å². The summed E-state index contributed by atoms with van der Waals surface area (Å²) in [4.78, 5) is 25.3. The molecule has 0 radical (unpaired) electrons. The molecule has 13 heteroatoms. The summed E-state index contributed by atoms with van der Waals surface area (Å²) in [5.74, 6) is 1.88. The van der Waals surface area contributed by atoms with E-state index in [1.165, 1.54) is 0 Å². The second kappa shape index (κ2) is 11.9. The third-order valence-corrected chi connectivity index (χ3v) is 10.3. The van der Waals surface area contributed by atoms with Crippen molar-refractivity contribution in [2.45, 2.75) is 83.8 Å². The van der Waals surface area contributed by atoms with E-state index in [9.17, 15) is 4.79 Å². The first-order valence-corrected chi connectivity index (χ1v) is 19.0. The van der Waals surface area contributed by atoms with Crippen LogP contribution in [0.4, 0.5) is 10.6 Å². The smallest absolute Gasteiger partial charge is 0.407 e. The number of piperidine rings is 1. The molecule has 3 atom stereocenters. The maximum atomic E-state index is 12.5. The number of hydrogen-bond acceptors (Lipinski definition) is 8. The van der Waals surface area contributed by atoms with Crippen LogP contribution in [0.3, 0.4) is 0 Å². The highest BCUT2D eigenvalue weighted by atomic mass is 35.5. The minimum Gasteiger partial charge on any atom is -0.444 e. The van der Waals surface area contributed by atoms with Gasteiger partial charge >= 0.3 is 6.09 Å². The topological polar surface area (TPSA) is 112 Å². The summed E-state index contributed by atoms with van der Waals surface area (Å²) in [6.45, 7) is 8.58. The summed E-state index contributed by atoms with van der Waals surface area (Å²) in [5.41, 5.74) is 3.97. The van der Waals surface area contributed by atoms with Gasteiger partial charge < -0.3 is 19.7 Å². The van der Waals surface area contributed by atoms with Crippen molar-refractivity contribution in [2.75, 3.05) is 36.0 Å². The van der Waals surface area contributed by atoms with Crippen molar-refractivity contribution >= 4 is 55.6 Å². The van der Waals surface area contributed by atoms with Crippen molar-refractivity contribution in [1.29, 1.82) is 0 Å². The van der Waals surface area contributed by atoms with Gasteiger partial charge in [0.2, 0.25) is 0 Å². The molecule has 3 aromatic heterocycles. The number of hydrogen-bond donors (Lipinski definition) is 1. The number of alkyl carbamates (subject to hydrolysis) is 1. The van der Waals surface area contributed by atoms with Crippen LogP contribution in [0, 0.1) is 6.92 Å². The molecule has 1 N–H and O–H groups in total. The first-order valence-electron chi connectivity index (χ1n) is 15.6. The van der Waals surface area contributed by atoms with E-state index >= 15 is 0 Å². The van der Waals surface area contributed by atoms with Crippen LogP contribution in [0.2, 0.25) is 5.02 Å². The van der Waals surface area contributed by atoms with Crippen LogP contribution in [0.5, 0.6) is 0 Å². The maximum Gasteiger partial charge on any atom is 0.407 e. The monoisotopic (exact) mass is 656 g/mol. The predicted octanol–water partition coefficient (Wildman–Crippen LogP) is 6.03. The first-order chi connectivity index (χ1) is 21.2. The summed E-state index contributed by atoms with van der Waals surface area (Å²) in [6.07, 6.45) is 12.2. The number of halogens is 1. The maximum absolute atomic E-state index is 12.5. The number of amides is 1. The van der Waals surface area contributed by atoms with E-state index in [1.807, 2.05) is 57.8 Å². The number of fused-ring (bicyclic) bond motifs is 4. The molecule has 2 aliphatic rings. The molecule has 11 nitrogen and oxygen atoms in total. The van der Waals surface area contributed by atoms with Crippen LogP contribution < -0.4 is 10.2 Å². The Morgan fingerprint density at radius 3 is 2.49 bits per heavy atom. The first kappa shape index (κ1) is 31.9. The second-order valence-electron chi connectivity index (χ2n) is 14.3. The van der Waals surface area contributed by atoms with Crippen LogP contribution in [0.15, 0.2) is 18.3 Å². The van der Waals surface area contributed by atoms with Crippen LogP contribution >= 0.6 is 21.6 Å². The number of carbonyl (C=O) groups is 1. The van der Waals surface area contributed by atoms with Crippen LogP contribution in [0.1, 0.15) is 52.1 Å². The Morgan fingerprint density at radius 1 is 1.11 bits per heavy atom. The van der Waals surface area contributed by atoms with Gasteiger partial charge in [-0.15, -0.1) is 0 Å². The van der Waals surface area contributed by atoms with Gasteiger partial charge in [-0.1, -0.05) is 11.6 Å². The van der Waals surface area contributed by atoms with Gasteiger partial charge in [0.25, 0.3) is 0 Å². The Balaban J connectivity index is 1.34. The number of aromatic nitrogens is 6. The zero-order chi connectivity index (χ0) is 32.3. The summed E-state index contributed by atoms with van der Waals surface area (Å²) >= 11 is 6.97. The fourth-order valence-electron chi connectivity index (χ4n) is 6.51. The van der Waals surface area contributed by atoms with Gasteiger partial charge in [0.05, 0.1) is 22.8 Å². The van der Waals surface area contributed by atoms with Gasteiger partial charge in [0.15, 0.2) is 11.5 Å². The Hall–Kier alpha value is -3.09. The van der Waals surface area contributed by atoms with Gasteiger partial charge in [-0.3, -0.25) is 4.68 Å². The molecule has 0 saturated carbocycles. The lowest BCUT2D eigenvalue weighted by Crippen LogP contribution is -2.51. The van der Waals surface area contributed by atoms with E-state index in [0.29, 0.717) is 28.5 Å². The Kier molecular flexibility index (Phi) is 8.45. The molecule has 0 spiro atoms. The molecule has 1 unspecified atom stereocenters. The van der Waals surface area contributed by atoms with Crippen molar-refractivity contribution in [2.24, 2.45) is 7.05 Å². The van der Waals surface area contributed by atoms with Gasteiger partial charge in [0, 0.05) is 48.1 Å². The number of carbonyl (C=O) groups excluding carboxylic acids is 1. The molecule has 2 fully saturated rings. The SMILES string of the molecule is Cc1nc2c(-c3ccc4nn(C)cc4c3Cl)nn(COCCS(C)(C)C)c2nc1N1[C@@H]2CC[C@H]1CC(NC(=O)OC(C)(C)C)C2. The van der Waals surface area contributed by atoms with Gasteiger partial charge in [0.1, 0.15) is 23.5 Å². The van der Waals surface area contributed by atoms with Crippen LogP contribution in [-0.2, 0) is 23.3 Å². The molecule has 2 bridgehead atoms. The minimum atomic E-state index is -0.686. The molecular weight excluding hydrogens is 612 g/mol. The van der Waals surface area contributed by atoms with E-state index in [-0.39, 0.29) is 30.9 Å². The van der Waals surface area contributed by atoms with E-state index in [0.717, 1.165) is 59.4 Å². The Bertz CT molecular complexity index is 1730. The van der Waals surface area contributed by atoms with Gasteiger partial charge in [-0.2, -0.15) is 10.2 Å².